The molecule has 2 atom stereocenters. The predicted octanol–water partition coefficient (Wildman–Crippen LogP) is 1.51. The SMILES string of the molecule is CC1(C)COCC(Cc2ccccc2)N1C(=O)C1CCC(=O)N1. The number of amides is 2. The van der Waals surface area contributed by atoms with Gasteiger partial charge >= 0.3 is 0 Å². The summed E-state index contributed by atoms with van der Waals surface area (Å²) in [5, 5.41) is 2.80. The van der Waals surface area contributed by atoms with Gasteiger partial charge in [-0.2, -0.15) is 0 Å². The highest BCUT2D eigenvalue weighted by Gasteiger charge is 2.43. The van der Waals surface area contributed by atoms with Crippen molar-refractivity contribution in [2.24, 2.45) is 0 Å². The van der Waals surface area contributed by atoms with E-state index in [-0.39, 0.29) is 23.4 Å². The summed E-state index contributed by atoms with van der Waals surface area (Å²) in [6.07, 6.45) is 1.78. The van der Waals surface area contributed by atoms with Crippen molar-refractivity contribution < 1.29 is 14.3 Å². The minimum atomic E-state index is -0.391. The lowest BCUT2D eigenvalue weighted by Crippen LogP contribution is -2.64. The van der Waals surface area contributed by atoms with Crippen LogP contribution in [-0.2, 0) is 20.7 Å². The first-order valence-electron chi connectivity index (χ1n) is 8.21. The Morgan fingerprint density at radius 1 is 1.35 bits per heavy atom. The molecular formula is C18H24N2O3. The number of rotatable bonds is 3. The van der Waals surface area contributed by atoms with Crippen LogP contribution in [0.3, 0.4) is 0 Å². The largest absolute Gasteiger partial charge is 0.377 e. The van der Waals surface area contributed by atoms with Crippen LogP contribution in [0.15, 0.2) is 30.3 Å². The summed E-state index contributed by atoms with van der Waals surface area (Å²) in [6, 6.07) is 9.75. The molecule has 2 fully saturated rings. The van der Waals surface area contributed by atoms with Gasteiger partial charge in [-0.1, -0.05) is 30.3 Å². The van der Waals surface area contributed by atoms with Gasteiger partial charge in [-0.15, -0.1) is 0 Å². The van der Waals surface area contributed by atoms with Gasteiger partial charge in [0.15, 0.2) is 0 Å². The van der Waals surface area contributed by atoms with E-state index in [1.54, 1.807) is 0 Å². The van der Waals surface area contributed by atoms with Crippen molar-refractivity contribution in [3.63, 3.8) is 0 Å². The maximum Gasteiger partial charge on any atom is 0.246 e. The van der Waals surface area contributed by atoms with E-state index in [0.717, 1.165) is 6.42 Å². The van der Waals surface area contributed by atoms with Crippen molar-refractivity contribution in [1.82, 2.24) is 10.2 Å². The highest BCUT2D eigenvalue weighted by atomic mass is 16.5. The Morgan fingerprint density at radius 3 is 2.74 bits per heavy atom. The maximum atomic E-state index is 13.0. The van der Waals surface area contributed by atoms with Crippen molar-refractivity contribution >= 4 is 11.8 Å². The van der Waals surface area contributed by atoms with Gasteiger partial charge in [-0.05, 0) is 32.3 Å². The molecule has 2 amide bonds. The molecule has 5 nitrogen and oxygen atoms in total. The molecule has 1 aromatic rings. The number of nitrogens with one attached hydrogen (secondary N) is 1. The number of hydrogen-bond acceptors (Lipinski definition) is 3. The smallest absolute Gasteiger partial charge is 0.246 e. The molecule has 1 aromatic carbocycles. The fraction of sp³-hybridized carbons (Fsp3) is 0.556. The molecule has 23 heavy (non-hydrogen) atoms. The minimum Gasteiger partial charge on any atom is -0.377 e. The molecule has 0 spiro atoms. The normalized spacial score (nSPS) is 26.9. The first kappa shape index (κ1) is 16.0. The van der Waals surface area contributed by atoms with Gasteiger partial charge in [0.2, 0.25) is 11.8 Å². The first-order chi connectivity index (χ1) is 11.0. The molecule has 0 aliphatic carbocycles. The number of morpholine rings is 1. The zero-order chi connectivity index (χ0) is 16.4. The van der Waals surface area contributed by atoms with Gasteiger partial charge in [-0.3, -0.25) is 9.59 Å². The lowest BCUT2D eigenvalue weighted by Gasteiger charge is -2.48. The Hall–Kier alpha value is -1.88. The number of hydrogen-bond donors (Lipinski definition) is 1. The molecule has 124 valence electrons. The standard InChI is InChI=1S/C18H24N2O3/c1-18(2)12-23-11-14(10-13-6-4-3-5-7-13)20(18)17(22)15-8-9-16(21)19-15/h3-7,14-15H,8-12H2,1-2H3,(H,19,21). The van der Waals surface area contributed by atoms with Crippen LogP contribution in [0.5, 0.6) is 0 Å². The fourth-order valence-electron chi connectivity index (χ4n) is 3.56. The summed E-state index contributed by atoms with van der Waals surface area (Å²) >= 11 is 0. The van der Waals surface area contributed by atoms with Crippen molar-refractivity contribution in [1.29, 1.82) is 0 Å². The molecule has 2 heterocycles. The molecule has 2 aliphatic heterocycles. The van der Waals surface area contributed by atoms with E-state index >= 15 is 0 Å². The van der Waals surface area contributed by atoms with Crippen LogP contribution >= 0.6 is 0 Å². The van der Waals surface area contributed by atoms with Gasteiger partial charge in [0, 0.05) is 6.42 Å². The molecule has 0 radical (unpaired) electrons. The van der Waals surface area contributed by atoms with Crippen LogP contribution in [0.2, 0.25) is 0 Å². The fourth-order valence-corrected chi connectivity index (χ4v) is 3.56. The van der Waals surface area contributed by atoms with Gasteiger partial charge < -0.3 is 15.0 Å². The zero-order valence-electron chi connectivity index (χ0n) is 13.7. The van der Waals surface area contributed by atoms with E-state index in [1.165, 1.54) is 5.56 Å². The summed E-state index contributed by atoms with van der Waals surface area (Å²) < 4.78 is 5.75. The number of ether oxygens (including phenoxy) is 1. The topological polar surface area (TPSA) is 58.6 Å². The molecule has 1 N–H and O–H groups in total. The summed E-state index contributed by atoms with van der Waals surface area (Å²) in [4.78, 5) is 26.4. The summed E-state index contributed by atoms with van der Waals surface area (Å²) in [7, 11) is 0. The molecule has 5 heteroatoms. The van der Waals surface area contributed by atoms with Crippen molar-refractivity contribution in [3.8, 4) is 0 Å². The summed E-state index contributed by atoms with van der Waals surface area (Å²) in [5.74, 6) is -0.0147. The molecule has 2 unspecified atom stereocenters. The highest BCUT2D eigenvalue weighted by Crippen LogP contribution is 2.28. The number of carbonyl (C=O) groups is 2. The molecule has 2 saturated heterocycles. The Balaban J connectivity index is 1.81. The average molecular weight is 316 g/mol. The number of benzene rings is 1. The van der Waals surface area contributed by atoms with Crippen molar-refractivity contribution in [3.05, 3.63) is 35.9 Å². The third-order valence-corrected chi connectivity index (χ3v) is 4.63. The molecule has 0 aromatic heterocycles. The van der Waals surface area contributed by atoms with E-state index < -0.39 is 6.04 Å². The number of carbonyl (C=O) groups excluding carboxylic acids is 2. The second kappa shape index (κ2) is 6.32. The number of nitrogens with zero attached hydrogens (tertiary/aromatic N) is 1. The average Bonchev–Trinajstić information content (AvgIpc) is 2.94. The quantitative estimate of drug-likeness (QED) is 0.920. The van der Waals surface area contributed by atoms with Gasteiger partial charge in [-0.25, -0.2) is 0 Å². The lowest BCUT2D eigenvalue weighted by atomic mass is 9.93. The van der Waals surface area contributed by atoms with Crippen LogP contribution in [0.1, 0.15) is 32.3 Å². The van der Waals surface area contributed by atoms with E-state index in [1.807, 2.05) is 36.9 Å². The molecule has 0 saturated carbocycles. The molecule has 3 rings (SSSR count). The zero-order valence-corrected chi connectivity index (χ0v) is 13.7. The van der Waals surface area contributed by atoms with E-state index in [2.05, 4.69) is 17.4 Å². The third kappa shape index (κ3) is 3.39. The van der Waals surface area contributed by atoms with Crippen LogP contribution in [0.25, 0.3) is 0 Å². The van der Waals surface area contributed by atoms with Gasteiger partial charge in [0.1, 0.15) is 6.04 Å². The summed E-state index contributed by atoms with van der Waals surface area (Å²) in [6.45, 7) is 5.10. The second-order valence-corrected chi connectivity index (χ2v) is 7.04. The van der Waals surface area contributed by atoms with E-state index in [9.17, 15) is 9.59 Å². The third-order valence-electron chi connectivity index (χ3n) is 4.63. The Labute approximate surface area is 137 Å². The van der Waals surface area contributed by atoms with Crippen LogP contribution in [0.4, 0.5) is 0 Å². The van der Waals surface area contributed by atoms with Gasteiger partial charge in [0.05, 0.1) is 24.8 Å². The lowest BCUT2D eigenvalue weighted by molar-refractivity contribution is -0.157. The van der Waals surface area contributed by atoms with Crippen LogP contribution in [0, 0.1) is 0 Å². The van der Waals surface area contributed by atoms with Crippen LogP contribution < -0.4 is 5.32 Å². The predicted molar refractivity (Wildman–Crippen MR) is 86.8 cm³/mol. The first-order valence-corrected chi connectivity index (χ1v) is 8.21. The molecular weight excluding hydrogens is 292 g/mol. The Bertz CT molecular complexity index is 585. The molecule has 0 bridgehead atoms. The van der Waals surface area contributed by atoms with E-state index in [0.29, 0.717) is 26.1 Å². The van der Waals surface area contributed by atoms with Crippen LogP contribution in [-0.4, -0.2) is 47.6 Å². The maximum absolute atomic E-state index is 13.0. The Morgan fingerprint density at radius 2 is 2.09 bits per heavy atom. The second-order valence-electron chi connectivity index (χ2n) is 7.04. The van der Waals surface area contributed by atoms with Crippen molar-refractivity contribution in [2.45, 2.75) is 50.7 Å². The summed E-state index contributed by atoms with van der Waals surface area (Å²) in [5.41, 5.74) is 0.814. The van der Waals surface area contributed by atoms with E-state index in [4.69, 9.17) is 4.74 Å². The minimum absolute atomic E-state index is 0.00819. The van der Waals surface area contributed by atoms with Gasteiger partial charge in [0.25, 0.3) is 0 Å². The van der Waals surface area contributed by atoms with Crippen molar-refractivity contribution in [2.75, 3.05) is 13.2 Å². The Kier molecular flexibility index (Phi) is 4.39. The monoisotopic (exact) mass is 316 g/mol. The molecule has 2 aliphatic rings. The highest BCUT2D eigenvalue weighted by molar-refractivity contribution is 5.91.